The fourth-order valence-corrected chi connectivity index (χ4v) is 2.70. The summed E-state index contributed by atoms with van der Waals surface area (Å²) in [5.41, 5.74) is 5.47. The van der Waals surface area contributed by atoms with Gasteiger partial charge in [0.15, 0.2) is 0 Å². The van der Waals surface area contributed by atoms with Crippen molar-refractivity contribution in [1.82, 2.24) is 5.32 Å². The van der Waals surface area contributed by atoms with Gasteiger partial charge in [-0.05, 0) is 13.0 Å². The Morgan fingerprint density at radius 3 is 1.25 bits per heavy atom. The molecule has 0 aromatic heterocycles. The lowest BCUT2D eigenvalue weighted by Crippen LogP contribution is -2.19. The van der Waals surface area contributed by atoms with E-state index in [1.54, 1.807) is 0 Å². The number of rotatable bonds is 14. The van der Waals surface area contributed by atoms with Crippen molar-refractivity contribution in [2.75, 3.05) is 6.54 Å². The van der Waals surface area contributed by atoms with Gasteiger partial charge >= 0.3 is 0 Å². The second-order valence-electron chi connectivity index (χ2n) is 6.57. The summed E-state index contributed by atoms with van der Waals surface area (Å²) >= 11 is 0. The van der Waals surface area contributed by atoms with Crippen LogP contribution < -0.4 is 11.1 Å². The molecule has 0 fully saturated rings. The third kappa shape index (κ3) is 17.2. The molecule has 0 unspecified atom stereocenters. The van der Waals surface area contributed by atoms with Crippen molar-refractivity contribution in [3.8, 4) is 0 Å². The van der Waals surface area contributed by atoms with Crippen LogP contribution in [0, 0.1) is 0 Å². The largest absolute Gasteiger partial charge is 0.330 e. The average molecular weight is 339 g/mol. The van der Waals surface area contributed by atoms with Crippen LogP contribution in [0.5, 0.6) is 0 Å². The highest BCUT2D eigenvalue weighted by Crippen LogP contribution is 2.12. The van der Waals surface area contributed by atoms with E-state index in [0.717, 1.165) is 6.54 Å². The van der Waals surface area contributed by atoms with Crippen LogP contribution in [0.15, 0.2) is 12.2 Å². The molecular formula is C20H38N2O2. The van der Waals surface area contributed by atoms with E-state index in [9.17, 15) is 9.59 Å². The highest BCUT2D eigenvalue weighted by atomic mass is 16.2. The zero-order valence-electron chi connectivity index (χ0n) is 15.7. The molecule has 4 nitrogen and oxygen atoms in total. The fourth-order valence-electron chi connectivity index (χ4n) is 2.70. The topological polar surface area (TPSA) is 72.2 Å². The molecule has 0 atom stereocenters. The number of hydrogen-bond acceptors (Lipinski definition) is 3. The predicted molar refractivity (Wildman–Crippen MR) is 102 cm³/mol. The van der Waals surface area contributed by atoms with Gasteiger partial charge in [-0.2, -0.15) is 0 Å². The van der Waals surface area contributed by atoms with Crippen LogP contribution >= 0.6 is 0 Å². The lowest BCUT2D eigenvalue weighted by atomic mass is 10.0. The van der Waals surface area contributed by atoms with E-state index in [-0.39, 0.29) is 11.8 Å². The Morgan fingerprint density at radius 2 is 1.00 bits per heavy atom. The predicted octanol–water partition coefficient (Wildman–Crippen LogP) is 4.63. The number of amides is 2. The summed E-state index contributed by atoms with van der Waals surface area (Å²) in [4.78, 5) is 20.1. The maximum Gasteiger partial charge on any atom is 0.250 e. The summed E-state index contributed by atoms with van der Waals surface area (Å²) in [5, 5.41) is 2.03. The van der Waals surface area contributed by atoms with Crippen LogP contribution in [0.2, 0.25) is 0 Å². The normalized spacial score (nSPS) is 12.9. The van der Waals surface area contributed by atoms with Gasteiger partial charge in [0.1, 0.15) is 0 Å². The maximum absolute atomic E-state index is 10.0. The molecule has 1 aliphatic rings. The molecule has 0 bridgehead atoms. The van der Waals surface area contributed by atoms with Crippen molar-refractivity contribution in [1.29, 1.82) is 0 Å². The standard InChI is InChI=1S/C16H35N.C4H3NO2/c1-2-3-4-5-6-7-8-9-10-11-12-13-14-15-16-17;6-3-1-2-4(7)5-3/h2-17H2,1H3;1-2H,(H,5,6,7). The molecule has 3 N–H and O–H groups in total. The molecule has 0 spiro atoms. The van der Waals surface area contributed by atoms with Crippen molar-refractivity contribution in [3.05, 3.63) is 12.2 Å². The molecule has 2 amide bonds. The number of carbonyl (C=O) groups excluding carboxylic acids is 2. The van der Waals surface area contributed by atoms with Gasteiger partial charge in [0.25, 0.3) is 11.8 Å². The smallest absolute Gasteiger partial charge is 0.250 e. The second kappa shape index (κ2) is 18.2. The first-order valence-corrected chi connectivity index (χ1v) is 9.93. The molecule has 0 aliphatic carbocycles. The molecule has 0 aromatic carbocycles. The lowest BCUT2D eigenvalue weighted by Gasteiger charge is -2.02. The highest BCUT2D eigenvalue weighted by Gasteiger charge is 2.06. The highest BCUT2D eigenvalue weighted by molar-refractivity contribution is 6.12. The van der Waals surface area contributed by atoms with E-state index in [1.165, 1.54) is 102 Å². The molecule has 0 aromatic rings. The minimum atomic E-state index is -0.329. The Hall–Kier alpha value is -1.16. The molecule has 1 rings (SSSR count). The number of nitrogens with one attached hydrogen (secondary N) is 1. The second-order valence-corrected chi connectivity index (χ2v) is 6.57. The number of imide groups is 1. The van der Waals surface area contributed by atoms with Gasteiger partial charge in [-0.25, -0.2) is 0 Å². The van der Waals surface area contributed by atoms with E-state index < -0.39 is 0 Å². The Kier molecular flexibility index (Phi) is 17.3. The molecule has 0 radical (unpaired) electrons. The molecule has 140 valence electrons. The molecule has 24 heavy (non-hydrogen) atoms. The van der Waals surface area contributed by atoms with Gasteiger partial charge in [0.05, 0.1) is 0 Å². The number of carbonyl (C=O) groups is 2. The van der Waals surface area contributed by atoms with Crippen LogP contribution in [-0.4, -0.2) is 18.4 Å². The van der Waals surface area contributed by atoms with Gasteiger partial charge < -0.3 is 5.73 Å². The van der Waals surface area contributed by atoms with E-state index in [2.05, 4.69) is 6.92 Å². The van der Waals surface area contributed by atoms with Gasteiger partial charge in [-0.15, -0.1) is 0 Å². The van der Waals surface area contributed by atoms with Crippen LogP contribution in [0.3, 0.4) is 0 Å². The maximum atomic E-state index is 10.0. The van der Waals surface area contributed by atoms with Gasteiger partial charge in [-0.1, -0.05) is 90.4 Å². The Balaban J connectivity index is 0.000000620. The van der Waals surface area contributed by atoms with Gasteiger partial charge in [-0.3, -0.25) is 14.9 Å². The van der Waals surface area contributed by atoms with E-state index in [0.29, 0.717) is 0 Å². The number of unbranched alkanes of at least 4 members (excludes halogenated alkanes) is 13. The van der Waals surface area contributed by atoms with Crippen molar-refractivity contribution in [2.24, 2.45) is 5.73 Å². The first-order chi connectivity index (χ1) is 11.7. The summed E-state index contributed by atoms with van der Waals surface area (Å²) in [5.74, 6) is -0.657. The number of hydrogen-bond donors (Lipinski definition) is 2. The monoisotopic (exact) mass is 338 g/mol. The lowest BCUT2D eigenvalue weighted by molar-refractivity contribution is -0.123. The Bertz CT molecular complexity index is 311. The Morgan fingerprint density at radius 1 is 0.667 bits per heavy atom. The van der Waals surface area contributed by atoms with Crippen LogP contribution in [0.25, 0.3) is 0 Å². The molecule has 0 saturated carbocycles. The summed E-state index contributed by atoms with van der Waals surface area (Å²) in [6, 6.07) is 0. The van der Waals surface area contributed by atoms with Crippen LogP contribution in [0.4, 0.5) is 0 Å². The van der Waals surface area contributed by atoms with Crippen molar-refractivity contribution < 1.29 is 9.59 Å². The van der Waals surface area contributed by atoms with Crippen molar-refractivity contribution in [2.45, 2.75) is 96.8 Å². The van der Waals surface area contributed by atoms with Crippen molar-refractivity contribution >= 4 is 11.8 Å². The zero-order chi connectivity index (χ0) is 17.9. The molecule has 1 heterocycles. The SMILES string of the molecule is CCCCCCCCCCCCCCCCN.O=C1C=CC(=O)N1. The number of nitrogens with two attached hydrogens (primary N) is 1. The fraction of sp³-hybridized carbons (Fsp3) is 0.800. The van der Waals surface area contributed by atoms with E-state index in [1.807, 2.05) is 5.32 Å². The van der Waals surface area contributed by atoms with Crippen LogP contribution in [-0.2, 0) is 9.59 Å². The Labute approximate surface area is 148 Å². The average Bonchev–Trinajstić information content (AvgIpc) is 2.95. The summed E-state index contributed by atoms with van der Waals surface area (Å²) in [6.07, 6.45) is 22.3. The molecule has 0 saturated heterocycles. The first kappa shape index (κ1) is 22.8. The third-order valence-electron chi connectivity index (χ3n) is 4.19. The van der Waals surface area contributed by atoms with E-state index in [4.69, 9.17) is 5.73 Å². The molecule has 4 heteroatoms. The molecule has 1 aliphatic heterocycles. The minimum Gasteiger partial charge on any atom is -0.330 e. The molecular weight excluding hydrogens is 300 g/mol. The zero-order valence-corrected chi connectivity index (χ0v) is 15.7. The summed E-state index contributed by atoms with van der Waals surface area (Å²) in [7, 11) is 0. The van der Waals surface area contributed by atoms with Crippen LogP contribution in [0.1, 0.15) is 96.8 Å². The summed E-state index contributed by atoms with van der Waals surface area (Å²) < 4.78 is 0. The quantitative estimate of drug-likeness (QED) is 0.358. The minimum absolute atomic E-state index is 0.329. The van der Waals surface area contributed by atoms with Crippen molar-refractivity contribution in [3.63, 3.8) is 0 Å². The first-order valence-electron chi connectivity index (χ1n) is 9.93. The van der Waals surface area contributed by atoms with Gasteiger partial charge in [0.2, 0.25) is 0 Å². The van der Waals surface area contributed by atoms with E-state index >= 15 is 0 Å². The third-order valence-corrected chi connectivity index (χ3v) is 4.19. The summed E-state index contributed by atoms with van der Waals surface area (Å²) in [6.45, 7) is 3.16. The van der Waals surface area contributed by atoms with Gasteiger partial charge in [0, 0.05) is 12.2 Å².